The third-order valence-corrected chi connectivity index (χ3v) is 2.13. The predicted molar refractivity (Wildman–Crippen MR) is 47.8 cm³/mol. The summed E-state index contributed by atoms with van der Waals surface area (Å²) >= 11 is 11.5. The maximum Gasteiger partial charge on any atom is 0.228 e. The minimum Gasteiger partial charge on any atom is -0.461 e. The number of hydrogen-bond donors (Lipinski definition) is 0. The van der Waals surface area contributed by atoms with Crippen LogP contribution in [-0.4, -0.2) is 6.86 Å². The molecule has 12 heavy (non-hydrogen) atoms. The molecule has 0 aliphatic heterocycles. The van der Waals surface area contributed by atoms with Gasteiger partial charge in [-0.2, -0.15) is 0 Å². The first kappa shape index (κ1) is 9.62. The van der Waals surface area contributed by atoms with Gasteiger partial charge in [0, 0.05) is 5.02 Å². The molecule has 0 unspecified atom stereocenters. The van der Waals surface area contributed by atoms with Gasteiger partial charge in [-0.1, -0.05) is 23.2 Å². The normalized spacial score (nSPS) is 10.0. The lowest BCUT2D eigenvalue weighted by Gasteiger charge is -2.05. The van der Waals surface area contributed by atoms with E-state index in [0.29, 0.717) is 15.8 Å². The van der Waals surface area contributed by atoms with Gasteiger partial charge in [0.2, 0.25) is 6.86 Å². The highest BCUT2D eigenvalue weighted by atomic mass is 35.5. The summed E-state index contributed by atoms with van der Waals surface area (Å²) in [7, 11) is 0. The SMILES string of the molecule is Cc1cc(OCF)c(Cl)cc1Cl. The van der Waals surface area contributed by atoms with Crippen LogP contribution in [0.2, 0.25) is 10.0 Å². The van der Waals surface area contributed by atoms with Crippen LogP contribution in [0, 0.1) is 6.92 Å². The fourth-order valence-electron chi connectivity index (χ4n) is 0.800. The Hall–Kier alpha value is -0.470. The quantitative estimate of drug-likeness (QED) is 0.722. The Bertz CT molecular complexity index is 289. The zero-order valence-corrected chi connectivity index (χ0v) is 7.92. The van der Waals surface area contributed by atoms with Crippen LogP contribution in [0.4, 0.5) is 4.39 Å². The van der Waals surface area contributed by atoms with Crippen LogP contribution < -0.4 is 4.74 Å². The van der Waals surface area contributed by atoms with Crippen molar-refractivity contribution in [1.29, 1.82) is 0 Å². The van der Waals surface area contributed by atoms with Gasteiger partial charge in [0.1, 0.15) is 5.75 Å². The Balaban J connectivity index is 3.05. The number of hydrogen-bond acceptors (Lipinski definition) is 1. The highest BCUT2D eigenvalue weighted by Crippen LogP contribution is 2.30. The molecule has 0 saturated carbocycles. The lowest BCUT2D eigenvalue weighted by atomic mass is 10.2. The van der Waals surface area contributed by atoms with Crippen LogP contribution in [-0.2, 0) is 0 Å². The molecular weight excluding hydrogens is 202 g/mol. The van der Waals surface area contributed by atoms with Gasteiger partial charge in [0.25, 0.3) is 0 Å². The molecule has 0 aromatic heterocycles. The molecule has 1 nitrogen and oxygen atoms in total. The van der Waals surface area contributed by atoms with Crippen LogP contribution in [0.15, 0.2) is 12.1 Å². The van der Waals surface area contributed by atoms with Crippen LogP contribution in [0.1, 0.15) is 5.56 Å². The van der Waals surface area contributed by atoms with Crippen molar-refractivity contribution in [2.24, 2.45) is 0 Å². The molecule has 0 aliphatic carbocycles. The molecular formula is C8H7Cl2FO. The molecule has 0 saturated heterocycles. The lowest BCUT2D eigenvalue weighted by Crippen LogP contribution is -1.91. The maximum atomic E-state index is 11.8. The average Bonchev–Trinajstić information content (AvgIpc) is 2.01. The van der Waals surface area contributed by atoms with E-state index in [-0.39, 0.29) is 0 Å². The Morgan fingerprint density at radius 1 is 1.33 bits per heavy atom. The number of benzene rings is 1. The smallest absolute Gasteiger partial charge is 0.228 e. The molecule has 66 valence electrons. The fraction of sp³-hybridized carbons (Fsp3) is 0.250. The van der Waals surface area contributed by atoms with E-state index in [1.54, 1.807) is 13.0 Å². The van der Waals surface area contributed by atoms with Crippen molar-refractivity contribution < 1.29 is 9.13 Å². The van der Waals surface area contributed by atoms with Gasteiger partial charge in [-0.05, 0) is 24.6 Å². The minimum atomic E-state index is -0.888. The zero-order chi connectivity index (χ0) is 9.14. The summed E-state index contributed by atoms with van der Waals surface area (Å²) in [5.41, 5.74) is 0.810. The van der Waals surface area contributed by atoms with E-state index in [4.69, 9.17) is 23.2 Å². The third kappa shape index (κ3) is 2.02. The first-order chi connectivity index (χ1) is 5.65. The van der Waals surface area contributed by atoms with Gasteiger partial charge >= 0.3 is 0 Å². The highest BCUT2D eigenvalue weighted by molar-refractivity contribution is 6.35. The van der Waals surface area contributed by atoms with Crippen molar-refractivity contribution in [2.75, 3.05) is 6.86 Å². The van der Waals surface area contributed by atoms with Crippen molar-refractivity contribution >= 4 is 23.2 Å². The average molecular weight is 209 g/mol. The van der Waals surface area contributed by atoms with Gasteiger partial charge in [0.15, 0.2) is 0 Å². The van der Waals surface area contributed by atoms with Crippen molar-refractivity contribution in [3.8, 4) is 5.75 Å². The topological polar surface area (TPSA) is 9.23 Å². The van der Waals surface area contributed by atoms with E-state index in [2.05, 4.69) is 4.74 Å². The summed E-state index contributed by atoms with van der Waals surface area (Å²) in [6.45, 7) is 0.907. The van der Waals surface area contributed by atoms with Crippen LogP contribution in [0.3, 0.4) is 0 Å². The van der Waals surface area contributed by atoms with Gasteiger partial charge in [-0.25, -0.2) is 4.39 Å². The molecule has 1 aromatic rings. The van der Waals surface area contributed by atoms with Crippen molar-refractivity contribution in [3.05, 3.63) is 27.7 Å². The number of ether oxygens (including phenoxy) is 1. The third-order valence-electron chi connectivity index (χ3n) is 1.42. The molecule has 0 radical (unpaired) electrons. The summed E-state index contributed by atoms with van der Waals surface area (Å²) in [6.07, 6.45) is 0. The summed E-state index contributed by atoms with van der Waals surface area (Å²) in [5.74, 6) is 0.320. The summed E-state index contributed by atoms with van der Waals surface area (Å²) < 4.78 is 16.4. The summed E-state index contributed by atoms with van der Waals surface area (Å²) in [4.78, 5) is 0. The van der Waals surface area contributed by atoms with Gasteiger partial charge in [-0.3, -0.25) is 0 Å². The Morgan fingerprint density at radius 2 is 2.00 bits per heavy atom. The van der Waals surface area contributed by atoms with Gasteiger partial charge in [0.05, 0.1) is 5.02 Å². The molecule has 1 rings (SSSR count). The van der Waals surface area contributed by atoms with Gasteiger partial charge < -0.3 is 4.74 Å². The fourth-order valence-corrected chi connectivity index (χ4v) is 1.24. The van der Waals surface area contributed by atoms with Crippen molar-refractivity contribution in [1.82, 2.24) is 0 Å². The molecule has 1 aromatic carbocycles. The van der Waals surface area contributed by atoms with Crippen LogP contribution >= 0.6 is 23.2 Å². The molecule has 0 bridgehead atoms. The number of rotatable bonds is 2. The number of halogens is 3. The summed E-state index contributed by atoms with van der Waals surface area (Å²) in [5, 5.41) is 0.870. The Kier molecular flexibility index (Phi) is 3.18. The van der Waals surface area contributed by atoms with E-state index in [1.165, 1.54) is 6.07 Å². The van der Waals surface area contributed by atoms with Crippen LogP contribution in [0.25, 0.3) is 0 Å². The predicted octanol–water partition coefficient (Wildman–Crippen LogP) is 3.61. The molecule has 0 aliphatic rings. The standard InChI is InChI=1S/C8H7Cl2FO/c1-5-2-8(12-4-11)7(10)3-6(5)9/h2-3H,4H2,1H3. The van der Waals surface area contributed by atoms with E-state index < -0.39 is 6.86 Å². The van der Waals surface area contributed by atoms with E-state index in [0.717, 1.165) is 5.56 Å². The maximum absolute atomic E-state index is 11.8. The molecule has 4 heteroatoms. The van der Waals surface area contributed by atoms with Crippen molar-refractivity contribution in [2.45, 2.75) is 6.92 Å². The highest BCUT2D eigenvalue weighted by Gasteiger charge is 2.04. The van der Waals surface area contributed by atoms with E-state index >= 15 is 0 Å². The van der Waals surface area contributed by atoms with E-state index in [9.17, 15) is 4.39 Å². The van der Waals surface area contributed by atoms with Gasteiger partial charge in [-0.15, -0.1) is 0 Å². The molecule has 0 N–H and O–H groups in total. The first-order valence-corrected chi connectivity index (χ1v) is 4.05. The molecule has 0 fully saturated rings. The second-order valence-corrected chi connectivity index (χ2v) is 3.10. The second kappa shape index (κ2) is 3.97. The molecule has 0 atom stereocenters. The largest absolute Gasteiger partial charge is 0.461 e. The van der Waals surface area contributed by atoms with E-state index in [1.807, 2.05) is 0 Å². The second-order valence-electron chi connectivity index (χ2n) is 2.29. The molecule has 0 amide bonds. The Labute approximate surface area is 80.0 Å². The molecule has 0 heterocycles. The first-order valence-electron chi connectivity index (χ1n) is 3.29. The lowest BCUT2D eigenvalue weighted by molar-refractivity contribution is 0.192. The summed E-state index contributed by atoms with van der Waals surface area (Å²) in [6, 6.07) is 3.13. The zero-order valence-electron chi connectivity index (χ0n) is 6.40. The molecule has 0 spiro atoms. The van der Waals surface area contributed by atoms with Crippen molar-refractivity contribution in [3.63, 3.8) is 0 Å². The van der Waals surface area contributed by atoms with Crippen LogP contribution in [0.5, 0.6) is 5.75 Å². The number of aryl methyl sites for hydroxylation is 1. The monoisotopic (exact) mass is 208 g/mol. The number of alkyl halides is 1. The minimum absolute atomic E-state index is 0.320. The Morgan fingerprint density at radius 3 is 2.58 bits per heavy atom.